The number of hydrogen-bond acceptors (Lipinski definition) is 6. The number of rotatable bonds is 7. The Labute approximate surface area is 188 Å². The van der Waals surface area contributed by atoms with Crippen LogP contribution in [0.15, 0.2) is 6.07 Å². The number of likely N-dealkylation sites (tertiary alicyclic amines) is 1. The summed E-state index contributed by atoms with van der Waals surface area (Å²) in [7, 11) is 1.70. The molecule has 3 rings (SSSR count). The lowest BCUT2D eigenvalue weighted by molar-refractivity contribution is -0.786. The molecule has 1 aliphatic heterocycles. The maximum atomic E-state index is 13.9. The Kier molecular flexibility index (Phi) is 7.45. The number of nitrogens with zero attached hydrogens (tertiary/aromatic N) is 4. The van der Waals surface area contributed by atoms with Crippen LogP contribution >= 0.6 is 0 Å². The Bertz CT molecular complexity index is 859. The Morgan fingerprint density at radius 2 is 2.00 bits per heavy atom. The zero-order valence-corrected chi connectivity index (χ0v) is 19.1. The molecule has 10 nitrogen and oxygen atoms in total. The first-order chi connectivity index (χ1) is 15.2. The average Bonchev–Trinajstić information content (AvgIpc) is 3.48. The van der Waals surface area contributed by atoms with E-state index in [2.05, 4.69) is 10.4 Å². The lowest BCUT2D eigenvalue weighted by Crippen LogP contribution is -2.65. The van der Waals surface area contributed by atoms with Crippen LogP contribution in [0.1, 0.15) is 68.1 Å². The third-order valence-electron chi connectivity index (χ3n) is 7.18. The summed E-state index contributed by atoms with van der Waals surface area (Å²) in [6, 6.07) is 0.606. The van der Waals surface area contributed by atoms with Gasteiger partial charge in [0.25, 0.3) is 5.91 Å². The van der Waals surface area contributed by atoms with Crippen molar-refractivity contribution in [2.45, 2.75) is 64.8 Å². The normalized spacial score (nSPS) is 24.3. The zero-order valence-electron chi connectivity index (χ0n) is 19.1. The van der Waals surface area contributed by atoms with E-state index < -0.39 is 22.3 Å². The molecule has 0 radical (unpaired) electrons. The number of quaternary nitrogens is 1. The van der Waals surface area contributed by atoms with E-state index in [4.69, 9.17) is 0 Å². The van der Waals surface area contributed by atoms with Gasteiger partial charge in [0.05, 0.1) is 19.0 Å². The van der Waals surface area contributed by atoms with Crippen LogP contribution in [0.3, 0.4) is 0 Å². The van der Waals surface area contributed by atoms with Gasteiger partial charge in [0.15, 0.2) is 5.69 Å². The molecule has 1 unspecified atom stereocenters. The van der Waals surface area contributed by atoms with Crippen molar-refractivity contribution in [3.05, 3.63) is 17.5 Å². The van der Waals surface area contributed by atoms with Gasteiger partial charge in [-0.2, -0.15) is 9.58 Å². The second kappa shape index (κ2) is 9.91. The topological polar surface area (TPSA) is 122 Å². The van der Waals surface area contributed by atoms with E-state index in [9.17, 15) is 24.4 Å². The minimum absolute atomic E-state index is 0.112. The van der Waals surface area contributed by atoms with Crippen molar-refractivity contribution in [3.8, 4) is 0 Å². The molecular formula is C22H34N5O5+. The van der Waals surface area contributed by atoms with E-state index in [1.807, 2.05) is 6.92 Å². The van der Waals surface area contributed by atoms with Gasteiger partial charge in [-0.3, -0.25) is 19.5 Å². The molecule has 1 saturated carbocycles. The van der Waals surface area contributed by atoms with E-state index in [1.54, 1.807) is 24.7 Å². The van der Waals surface area contributed by atoms with E-state index in [0.717, 1.165) is 31.4 Å². The summed E-state index contributed by atoms with van der Waals surface area (Å²) in [5, 5.41) is 16.8. The van der Waals surface area contributed by atoms with E-state index >= 15 is 0 Å². The number of aromatic nitrogens is 2. The molecule has 176 valence electrons. The van der Waals surface area contributed by atoms with Crippen LogP contribution in [0.2, 0.25) is 0 Å². The number of nitrogens with one attached hydrogen (secondary N) is 1. The Hall–Kier alpha value is -2.59. The van der Waals surface area contributed by atoms with Gasteiger partial charge in [0.2, 0.25) is 6.41 Å². The van der Waals surface area contributed by atoms with Gasteiger partial charge < -0.3 is 0 Å². The smallest absolute Gasteiger partial charge is 0.286 e. The third-order valence-corrected chi connectivity index (χ3v) is 7.18. The van der Waals surface area contributed by atoms with Crippen molar-refractivity contribution in [2.75, 3.05) is 13.1 Å². The van der Waals surface area contributed by atoms with Gasteiger partial charge in [-0.25, -0.2) is 20.0 Å². The quantitative estimate of drug-likeness (QED) is 0.285. The molecule has 1 aromatic heterocycles. The van der Waals surface area contributed by atoms with E-state index in [1.165, 1.54) is 0 Å². The number of imide groups is 2. The molecule has 2 N–H and O–H groups in total. The first-order valence-electron chi connectivity index (χ1n) is 11.4. The zero-order chi connectivity index (χ0) is 23.5. The van der Waals surface area contributed by atoms with E-state index in [0.29, 0.717) is 30.2 Å². The SMILES string of the molecule is Cc1cc(C(=O)NC(=O)[N+]2(C(=O)[C@H](CC3CCCC3)CN(O)C=O)CCC[C@H]2C)nn1C. The summed E-state index contributed by atoms with van der Waals surface area (Å²) >= 11 is 0. The van der Waals surface area contributed by atoms with Crippen LogP contribution in [-0.2, 0) is 16.6 Å². The minimum atomic E-state index is -0.688. The molecule has 1 aliphatic carbocycles. The van der Waals surface area contributed by atoms with Crippen LogP contribution in [0.5, 0.6) is 0 Å². The van der Waals surface area contributed by atoms with E-state index in [-0.39, 0.29) is 37.1 Å². The number of amides is 5. The summed E-state index contributed by atoms with van der Waals surface area (Å²) in [6.07, 6.45) is 6.31. The van der Waals surface area contributed by atoms with Gasteiger partial charge in [-0.1, -0.05) is 25.7 Å². The first-order valence-corrected chi connectivity index (χ1v) is 11.4. The highest BCUT2D eigenvalue weighted by Gasteiger charge is 2.55. The maximum Gasteiger partial charge on any atom is 0.431 e. The van der Waals surface area contributed by atoms with Gasteiger partial charge >= 0.3 is 11.9 Å². The molecule has 3 atom stereocenters. The minimum Gasteiger partial charge on any atom is -0.286 e. The standard InChI is InChI=1S/C22H33N5O5/c1-15-11-19(24-25(15)3)20(29)23-22(31)27(10-6-7-16(27)2)21(30)18(13-26(32)14-28)12-17-8-4-5-9-17/h11,14,16-18,32H,4-10,12-13H2,1-3H3/p+1/t16-,18-,27?/m1/s1. The number of hydroxylamine groups is 2. The van der Waals surface area contributed by atoms with Crippen LogP contribution < -0.4 is 5.32 Å². The van der Waals surface area contributed by atoms with Crippen LogP contribution in [-0.4, -0.2) is 67.9 Å². The highest BCUT2D eigenvalue weighted by Crippen LogP contribution is 2.35. The van der Waals surface area contributed by atoms with Crippen molar-refractivity contribution in [1.82, 2.24) is 20.2 Å². The molecule has 1 aromatic rings. The summed E-state index contributed by atoms with van der Waals surface area (Å²) in [5.74, 6) is -1.35. The predicted molar refractivity (Wildman–Crippen MR) is 114 cm³/mol. The molecule has 1 saturated heterocycles. The fourth-order valence-corrected chi connectivity index (χ4v) is 5.24. The highest BCUT2D eigenvalue weighted by molar-refractivity contribution is 6.03. The molecular weight excluding hydrogens is 414 g/mol. The molecule has 2 fully saturated rings. The lowest BCUT2D eigenvalue weighted by Gasteiger charge is -2.36. The van der Waals surface area contributed by atoms with Crippen LogP contribution in [0.25, 0.3) is 0 Å². The fraction of sp³-hybridized carbons (Fsp3) is 0.682. The Balaban J connectivity index is 1.86. The van der Waals surface area contributed by atoms with Crippen LogP contribution in [0.4, 0.5) is 4.79 Å². The number of carbonyl (C=O) groups is 4. The highest BCUT2D eigenvalue weighted by atomic mass is 16.5. The molecule has 2 heterocycles. The number of urea groups is 1. The maximum absolute atomic E-state index is 13.9. The molecule has 32 heavy (non-hydrogen) atoms. The van der Waals surface area contributed by atoms with Gasteiger partial charge in [-0.05, 0) is 32.3 Å². The largest absolute Gasteiger partial charge is 0.431 e. The second-order valence-electron chi connectivity index (χ2n) is 9.29. The van der Waals surface area contributed by atoms with Crippen molar-refractivity contribution < 1.29 is 28.9 Å². The molecule has 0 bridgehead atoms. The third kappa shape index (κ3) is 4.75. The summed E-state index contributed by atoms with van der Waals surface area (Å²) < 4.78 is 1.04. The molecule has 10 heteroatoms. The summed E-state index contributed by atoms with van der Waals surface area (Å²) in [5.41, 5.74) is 0.881. The first kappa shape index (κ1) is 24.1. The van der Waals surface area contributed by atoms with Crippen molar-refractivity contribution >= 4 is 24.3 Å². The Morgan fingerprint density at radius 1 is 1.31 bits per heavy atom. The second-order valence-corrected chi connectivity index (χ2v) is 9.29. The predicted octanol–water partition coefficient (Wildman–Crippen LogP) is 2.15. The van der Waals surface area contributed by atoms with Gasteiger partial charge in [0.1, 0.15) is 6.04 Å². The fourth-order valence-electron chi connectivity index (χ4n) is 5.24. The summed E-state index contributed by atoms with van der Waals surface area (Å²) in [4.78, 5) is 51.0. The molecule has 0 aromatic carbocycles. The molecule has 2 aliphatic rings. The Morgan fingerprint density at radius 3 is 2.53 bits per heavy atom. The average molecular weight is 449 g/mol. The molecule has 5 amide bonds. The summed E-state index contributed by atoms with van der Waals surface area (Å²) in [6.45, 7) is 3.76. The molecule has 0 spiro atoms. The van der Waals surface area contributed by atoms with Crippen molar-refractivity contribution in [2.24, 2.45) is 18.9 Å². The van der Waals surface area contributed by atoms with Crippen molar-refractivity contribution in [3.63, 3.8) is 0 Å². The number of carbonyl (C=O) groups excluding carboxylic acids is 4. The monoisotopic (exact) mass is 448 g/mol. The van der Waals surface area contributed by atoms with Gasteiger partial charge in [0, 0.05) is 25.6 Å². The number of hydrogen-bond donors (Lipinski definition) is 2. The van der Waals surface area contributed by atoms with Crippen LogP contribution in [0, 0.1) is 18.8 Å². The lowest BCUT2D eigenvalue weighted by atomic mass is 9.91. The van der Waals surface area contributed by atoms with Gasteiger partial charge in [-0.15, -0.1) is 0 Å². The number of aryl methyl sites for hydroxylation is 2. The van der Waals surface area contributed by atoms with Crippen molar-refractivity contribution in [1.29, 1.82) is 0 Å².